The van der Waals surface area contributed by atoms with Gasteiger partial charge >= 0.3 is 0 Å². The normalized spacial score (nSPS) is 8.98. The number of non-ortho nitro benzene ring substituents is 4. The number of hydrogen-bond acceptors (Lipinski definition) is 12. The monoisotopic (exact) mass is 604 g/mol. The van der Waals surface area contributed by atoms with Crippen molar-refractivity contribution in [2.75, 3.05) is 0 Å². The van der Waals surface area contributed by atoms with E-state index in [1.165, 1.54) is 97.1 Å². The van der Waals surface area contributed by atoms with Gasteiger partial charge in [-0.15, -0.1) is 0 Å². The summed E-state index contributed by atoms with van der Waals surface area (Å²) in [7, 11) is 0. The summed E-state index contributed by atoms with van der Waals surface area (Å²) in [6.07, 6.45) is 0. The molecule has 0 aliphatic carbocycles. The third-order valence-electron chi connectivity index (χ3n) is 4.24. The Morgan fingerprint density at radius 3 is 0.561 bits per heavy atom. The molecule has 0 atom stereocenters. The molecule has 0 saturated carbocycles. The van der Waals surface area contributed by atoms with Gasteiger partial charge in [0.15, 0.2) is 0 Å². The molecule has 4 aromatic rings. The second kappa shape index (κ2) is 17.8. The first kappa shape index (κ1) is 35.4. The SMILES string of the molecule is O=[N+]([O-])c1ccc(O)cc1.O=[N+]([O-])c1ccc(O)cc1.O=[N+]([O-])c1ccc(O)cc1.O=[N+]([O-])c1ccc(O)cc1.[Ti]. The van der Waals surface area contributed by atoms with E-state index < -0.39 is 19.7 Å². The van der Waals surface area contributed by atoms with Gasteiger partial charge < -0.3 is 20.4 Å². The van der Waals surface area contributed by atoms with Crippen LogP contribution in [-0.4, -0.2) is 40.1 Å². The number of phenolic OH excluding ortho intramolecular Hbond substituents is 4. The number of benzene rings is 4. The molecular formula is C24H20N4O12Ti. The van der Waals surface area contributed by atoms with Crippen LogP contribution in [0.15, 0.2) is 97.1 Å². The number of hydrogen-bond donors (Lipinski definition) is 4. The Labute approximate surface area is 244 Å². The van der Waals surface area contributed by atoms with Gasteiger partial charge in [-0.2, -0.15) is 0 Å². The topological polar surface area (TPSA) is 253 Å². The van der Waals surface area contributed by atoms with Crippen LogP contribution in [0.2, 0.25) is 0 Å². The molecule has 0 aliphatic rings. The van der Waals surface area contributed by atoms with E-state index in [0.29, 0.717) is 0 Å². The summed E-state index contributed by atoms with van der Waals surface area (Å²) in [6.45, 7) is 0. The van der Waals surface area contributed by atoms with Crippen molar-refractivity contribution in [3.8, 4) is 23.0 Å². The van der Waals surface area contributed by atoms with Crippen molar-refractivity contribution in [1.82, 2.24) is 0 Å². The number of phenols is 4. The van der Waals surface area contributed by atoms with E-state index in [1.54, 1.807) is 0 Å². The Bertz CT molecular complexity index is 1200. The van der Waals surface area contributed by atoms with E-state index in [1.807, 2.05) is 0 Å². The van der Waals surface area contributed by atoms with Crippen LogP contribution in [0.25, 0.3) is 0 Å². The number of nitrogens with zero attached hydrogens (tertiary/aromatic N) is 4. The predicted molar refractivity (Wildman–Crippen MR) is 139 cm³/mol. The van der Waals surface area contributed by atoms with Crippen molar-refractivity contribution in [3.05, 3.63) is 138 Å². The Morgan fingerprint density at radius 2 is 0.463 bits per heavy atom. The van der Waals surface area contributed by atoms with Crippen molar-refractivity contribution in [1.29, 1.82) is 0 Å². The van der Waals surface area contributed by atoms with Crippen LogP contribution in [0.5, 0.6) is 23.0 Å². The van der Waals surface area contributed by atoms with Crippen molar-refractivity contribution in [2.24, 2.45) is 0 Å². The molecule has 0 heterocycles. The molecule has 17 heteroatoms. The molecule has 16 nitrogen and oxygen atoms in total. The molecule has 212 valence electrons. The van der Waals surface area contributed by atoms with E-state index in [2.05, 4.69) is 0 Å². The summed E-state index contributed by atoms with van der Waals surface area (Å²) in [5.41, 5.74) is -0.0637. The van der Waals surface area contributed by atoms with Crippen LogP contribution in [-0.2, 0) is 21.7 Å². The van der Waals surface area contributed by atoms with Crippen molar-refractivity contribution in [3.63, 3.8) is 0 Å². The zero-order valence-electron chi connectivity index (χ0n) is 20.6. The van der Waals surface area contributed by atoms with Gasteiger partial charge in [-0.25, -0.2) is 0 Å². The second-order valence-corrected chi connectivity index (χ2v) is 7.09. The molecule has 0 amide bonds. The number of nitro benzene ring substituents is 4. The van der Waals surface area contributed by atoms with E-state index in [0.717, 1.165) is 0 Å². The molecule has 4 N–H and O–H groups in total. The third kappa shape index (κ3) is 14.2. The number of rotatable bonds is 4. The Morgan fingerprint density at radius 1 is 0.341 bits per heavy atom. The molecule has 0 spiro atoms. The summed E-state index contributed by atoms with van der Waals surface area (Å²) >= 11 is 0. The minimum atomic E-state index is -0.514. The Hall–Kier alpha value is -5.61. The maximum Gasteiger partial charge on any atom is 0.269 e. The molecule has 41 heavy (non-hydrogen) atoms. The van der Waals surface area contributed by atoms with Crippen LogP contribution in [0.1, 0.15) is 0 Å². The molecule has 0 unspecified atom stereocenters. The predicted octanol–water partition coefficient (Wildman–Crippen LogP) is 5.20. The zero-order valence-corrected chi connectivity index (χ0v) is 22.1. The smallest absolute Gasteiger partial charge is 0.269 e. The van der Waals surface area contributed by atoms with Crippen LogP contribution in [0.4, 0.5) is 22.7 Å². The quantitative estimate of drug-likeness (QED) is 0.133. The molecule has 0 aromatic heterocycles. The largest absolute Gasteiger partial charge is 0.508 e. The fourth-order valence-electron chi connectivity index (χ4n) is 2.30. The zero-order chi connectivity index (χ0) is 30.2. The molecule has 0 bridgehead atoms. The van der Waals surface area contributed by atoms with Gasteiger partial charge in [0.25, 0.3) is 22.7 Å². The van der Waals surface area contributed by atoms with E-state index in [9.17, 15) is 40.5 Å². The molecule has 0 fully saturated rings. The maximum atomic E-state index is 10.0. The van der Waals surface area contributed by atoms with Crippen LogP contribution in [0.3, 0.4) is 0 Å². The van der Waals surface area contributed by atoms with Crippen LogP contribution < -0.4 is 0 Å². The average Bonchev–Trinajstić information content (AvgIpc) is 2.91. The second-order valence-electron chi connectivity index (χ2n) is 7.09. The fourth-order valence-corrected chi connectivity index (χ4v) is 2.30. The van der Waals surface area contributed by atoms with Gasteiger partial charge in [-0.05, 0) is 48.5 Å². The first-order chi connectivity index (χ1) is 18.8. The van der Waals surface area contributed by atoms with Gasteiger partial charge in [0.05, 0.1) is 19.7 Å². The summed E-state index contributed by atoms with van der Waals surface area (Å²) in [6, 6.07) is 20.2. The summed E-state index contributed by atoms with van der Waals surface area (Å²) in [5, 5.41) is 75.0. The summed E-state index contributed by atoms with van der Waals surface area (Å²) in [4.78, 5) is 38.1. The minimum absolute atomic E-state index is 0. The van der Waals surface area contributed by atoms with Crippen molar-refractivity contribution >= 4 is 22.7 Å². The fraction of sp³-hybridized carbons (Fsp3) is 0. The van der Waals surface area contributed by atoms with Gasteiger partial charge in [0, 0.05) is 70.2 Å². The standard InChI is InChI=1S/4C6H5NO3.Ti/c4*8-6-3-1-5(2-4-6)7(9)10;/h4*1-4,8H;. The van der Waals surface area contributed by atoms with Crippen molar-refractivity contribution in [2.45, 2.75) is 0 Å². The van der Waals surface area contributed by atoms with Crippen molar-refractivity contribution < 1.29 is 61.8 Å². The van der Waals surface area contributed by atoms with E-state index >= 15 is 0 Å². The third-order valence-corrected chi connectivity index (χ3v) is 4.24. The summed E-state index contributed by atoms with van der Waals surface area (Å²) < 4.78 is 0. The molecule has 4 rings (SSSR count). The minimum Gasteiger partial charge on any atom is -0.508 e. The van der Waals surface area contributed by atoms with Gasteiger partial charge in [-0.1, -0.05) is 0 Å². The molecule has 0 saturated heterocycles. The van der Waals surface area contributed by atoms with Crippen LogP contribution in [0, 0.1) is 40.5 Å². The molecule has 0 radical (unpaired) electrons. The first-order valence-electron chi connectivity index (χ1n) is 10.5. The maximum absolute atomic E-state index is 10.0. The van der Waals surface area contributed by atoms with E-state index in [-0.39, 0.29) is 67.5 Å². The van der Waals surface area contributed by atoms with Gasteiger partial charge in [0.2, 0.25) is 0 Å². The first-order valence-corrected chi connectivity index (χ1v) is 10.5. The molecular weight excluding hydrogens is 584 g/mol. The van der Waals surface area contributed by atoms with Gasteiger partial charge in [-0.3, -0.25) is 40.5 Å². The van der Waals surface area contributed by atoms with Gasteiger partial charge in [0.1, 0.15) is 23.0 Å². The Kier molecular flexibility index (Phi) is 15.4. The van der Waals surface area contributed by atoms with Crippen LogP contribution >= 0.6 is 0 Å². The molecule has 0 aliphatic heterocycles. The average molecular weight is 604 g/mol. The number of aromatic hydroxyl groups is 4. The van der Waals surface area contributed by atoms with E-state index in [4.69, 9.17) is 20.4 Å². The molecule has 4 aromatic carbocycles. The Balaban J connectivity index is 0.000000516. The number of nitro groups is 4. The summed E-state index contributed by atoms with van der Waals surface area (Å²) in [5.74, 6) is 0.132.